The molecule has 0 saturated carbocycles. The largest absolute Gasteiger partial charge is 0.490 e. The van der Waals surface area contributed by atoms with E-state index in [9.17, 15) is 0 Å². The van der Waals surface area contributed by atoms with Gasteiger partial charge in [-0.15, -0.1) is 0 Å². The predicted octanol–water partition coefficient (Wildman–Crippen LogP) is 3.64. The molecule has 0 aliphatic carbocycles. The summed E-state index contributed by atoms with van der Waals surface area (Å²) in [6, 6.07) is 11.2. The van der Waals surface area contributed by atoms with Crippen LogP contribution in [0.1, 0.15) is 18.1 Å². The minimum atomic E-state index is 0.141. The molecule has 0 heterocycles. The molecule has 2 rings (SSSR count). The molecule has 2 aromatic rings. The first kappa shape index (κ1) is 21.8. The van der Waals surface area contributed by atoms with Gasteiger partial charge in [-0.05, 0) is 25.1 Å². The van der Waals surface area contributed by atoms with Crippen LogP contribution in [-0.2, 0) is 13.2 Å². The van der Waals surface area contributed by atoms with Crippen molar-refractivity contribution in [2.24, 2.45) is 0 Å². The smallest absolute Gasteiger partial charge is 0.166 e. The number of aliphatic hydroxyl groups is 1. The molecule has 0 bridgehead atoms. The second-order valence-corrected chi connectivity index (χ2v) is 6.70. The first-order valence-corrected chi connectivity index (χ1v) is 9.75. The Morgan fingerprint density at radius 3 is 2.52 bits per heavy atom. The molecule has 0 spiro atoms. The van der Waals surface area contributed by atoms with E-state index in [1.807, 2.05) is 31.2 Å². The number of aliphatic hydroxyl groups excluding tert-OH is 1. The number of para-hydroxylation sites is 1. The minimum absolute atomic E-state index is 0.141. The van der Waals surface area contributed by atoms with Crippen molar-refractivity contribution < 1.29 is 14.6 Å². The van der Waals surface area contributed by atoms with Gasteiger partial charge in [-0.2, -0.15) is 0 Å². The van der Waals surface area contributed by atoms with Crippen molar-refractivity contribution in [1.82, 2.24) is 10.6 Å². The van der Waals surface area contributed by atoms with Crippen LogP contribution in [0.15, 0.2) is 36.4 Å². The number of rotatable bonds is 12. The lowest BCUT2D eigenvalue weighted by atomic mass is 10.1. The Labute approximate surface area is 170 Å². The Morgan fingerprint density at radius 1 is 0.963 bits per heavy atom. The highest BCUT2D eigenvalue weighted by Gasteiger charge is 2.12. The van der Waals surface area contributed by atoms with E-state index in [4.69, 9.17) is 37.8 Å². The standard InChI is InChI=1S/C20H26Cl2N2O3/c1-2-26-19-5-3-4-15(13-24-9-8-23-10-11-25)20(19)27-14-16-6-7-17(21)12-18(16)22/h3-7,12,23-25H,2,8-11,13-14H2,1H3. The van der Waals surface area contributed by atoms with Gasteiger partial charge < -0.3 is 25.2 Å². The SMILES string of the molecule is CCOc1cccc(CNCCNCCO)c1OCc1ccc(Cl)cc1Cl. The van der Waals surface area contributed by atoms with Crippen LogP contribution in [-0.4, -0.2) is 38.0 Å². The van der Waals surface area contributed by atoms with Gasteiger partial charge >= 0.3 is 0 Å². The summed E-state index contributed by atoms with van der Waals surface area (Å²) < 4.78 is 11.8. The van der Waals surface area contributed by atoms with Crippen LogP contribution in [0.25, 0.3) is 0 Å². The molecule has 0 aromatic heterocycles. The summed E-state index contributed by atoms with van der Waals surface area (Å²) in [6.45, 7) is 5.76. The van der Waals surface area contributed by atoms with Gasteiger partial charge in [0.25, 0.3) is 0 Å². The van der Waals surface area contributed by atoms with Crippen LogP contribution in [0, 0.1) is 0 Å². The summed E-state index contributed by atoms with van der Waals surface area (Å²) in [5.74, 6) is 1.42. The zero-order valence-electron chi connectivity index (χ0n) is 15.4. The fraction of sp³-hybridized carbons (Fsp3) is 0.400. The molecule has 0 fully saturated rings. The number of halogens is 2. The van der Waals surface area contributed by atoms with E-state index in [0.29, 0.717) is 47.8 Å². The van der Waals surface area contributed by atoms with Gasteiger partial charge in [0, 0.05) is 47.4 Å². The lowest BCUT2D eigenvalue weighted by Crippen LogP contribution is -2.28. The third-order valence-electron chi connectivity index (χ3n) is 3.83. The average Bonchev–Trinajstić information content (AvgIpc) is 2.65. The molecule has 0 saturated heterocycles. The van der Waals surface area contributed by atoms with Gasteiger partial charge in [-0.1, -0.05) is 41.4 Å². The molecule has 0 unspecified atom stereocenters. The molecule has 0 aliphatic heterocycles. The Kier molecular flexibility index (Phi) is 9.73. The first-order chi connectivity index (χ1) is 13.2. The van der Waals surface area contributed by atoms with Crippen molar-refractivity contribution >= 4 is 23.2 Å². The molecule has 148 valence electrons. The molecule has 2 aromatic carbocycles. The van der Waals surface area contributed by atoms with Gasteiger partial charge in [-0.25, -0.2) is 0 Å². The summed E-state index contributed by atoms with van der Waals surface area (Å²) in [5, 5.41) is 16.4. The van der Waals surface area contributed by atoms with E-state index in [0.717, 1.165) is 24.2 Å². The predicted molar refractivity (Wildman–Crippen MR) is 110 cm³/mol. The van der Waals surface area contributed by atoms with Crippen LogP contribution < -0.4 is 20.1 Å². The molecule has 0 radical (unpaired) electrons. The van der Waals surface area contributed by atoms with Crippen LogP contribution in [0.5, 0.6) is 11.5 Å². The number of nitrogens with one attached hydrogen (secondary N) is 2. The second-order valence-electron chi connectivity index (χ2n) is 5.85. The Balaban J connectivity index is 2.04. The van der Waals surface area contributed by atoms with Gasteiger partial charge in [-0.3, -0.25) is 0 Å². The molecule has 3 N–H and O–H groups in total. The zero-order valence-corrected chi connectivity index (χ0v) is 16.9. The maximum absolute atomic E-state index is 8.78. The molecule has 0 aliphatic rings. The summed E-state index contributed by atoms with van der Waals surface area (Å²) in [4.78, 5) is 0. The Bertz CT molecular complexity index is 714. The van der Waals surface area contributed by atoms with Crippen LogP contribution in [0.4, 0.5) is 0 Å². The van der Waals surface area contributed by atoms with Crippen LogP contribution in [0.3, 0.4) is 0 Å². The Morgan fingerprint density at radius 2 is 1.78 bits per heavy atom. The van der Waals surface area contributed by atoms with Crippen LogP contribution >= 0.6 is 23.2 Å². The van der Waals surface area contributed by atoms with E-state index in [-0.39, 0.29) is 6.61 Å². The normalized spacial score (nSPS) is 10.8. The number of ether oxygens (including phenoxy) is 2. The number of benzene rings is 2. The van der Waals surface area contributed by atoms with E-state index >= 15 is 0 Å². The molecule has 7 heteroatoms. The molecule has 0 atom stereocenters. The van der Waals surface area contributed by atoms with E-state index in [1.54, 1.807) is 12.1 Å². The molecular weight excluding hydrogens is 387 g/mol. The highest BCUT2D eigenvalue weighted by atomic mass is 35.5. The van der Waals surface area contributed by atoms with E-state index < -0.39 is 0 Å². The second kappa shape index (κ2) is 12.1. The fourth-order valence-corrected chi connectivity index (χ4v) is 2.99. The lowest BCUT2D eigenvalue weighted by Gasteiger charge is -2.17. The Hall–Kier alpha value is -1.50. The van der Waals surface area contributed by atoms with Crippen molar-refractivity contribution in [2.45, 2.75) is 20.1 Å². The van der Waals surface area contributed by atoms with E-state index in [1.165, 1.54) is 0 Å². The molecule has 27 heavy (non-hydrogen) atoms. The van der Waals surface area contributed by atoms with E-state index in [2.05, 4.69) is 10.6 Å². The third kappa shape index (κ3) is 7.20. The highest BCUT2D eigenvalue weighted by Crippen LogP contribution is 2.33. The molecule has 0 amide bonds. The van der Waals surface area contributed by atoms with Crippen LogP contribution in [0.2, 0.25) is 10.0 Å². The summed E-state index contributed by atoms with van der Waals surface area (Å²) in [5.41, 5.74) is 1.87. The number of hydrogen-bond donors (Lipinski definition) is 3. The van der Waals surface area contributed by atoms with Gasteiger partial charge in [0.15, 0.2) is 11.5 Å². The summed E-state index contributed by atoms with van der Waals surface area (Å²) in [6.07, 6.45) is 0. The topological polar surface area (TPSA) is 62.8 Å². The monoisotopic (exact) mass is 412 g/mol. The first-order valence-electron chi connectivity index (χ1n) is 8.99. The molecular formula is C20H26Cl2N2O3. The quantitative estimate of drug-likeness (QED) is 0.464. The van der Waals surface area contributed by atoms with Crippen molar-refractivity contribution in [3.63, 3.8) is 0 Å². The zero-order chi connectivity index (χ0) is 19.5. The summed E-state index contributed by atoms with van der Waals surface area (Å²) in [7, 11) is 0. The third-order valence-corrected chi connectivity index (χ3v) is 4.42. The maximum Gasteiger partial charge on any atom is 0.166 e. The number of hydrogen-bond acceptors (Lipinski definition) is 5. The van der Waals surface area contributed by atoms with Crippen molar-refractivity contribution in [3.05, 3.63) is 57.6 Å². The van der Waals surface area contributed by atoms with Gasteiger partial charge in [0.05, 0.1) is 13.2 Å². The fourth-order valence-electron chi connectivity index (χ4n) is 2.53. The maximum atomic E-state index is 8.78. The lowest BCUT2D eigenvalue weighted by molar-refractivity contribution is 0.266. The highest BCUT2D eigenvalue weighted by molar-refractivity contribution is 6.35. The van der Waals surface area contributed by atoms with Gasteiger partial charge in [0.2, 0.25) is 0 Å². The van der Waals surface area contributed by atoms with Crippen molar-refractivity contribution in [1.29, 1.82) is 0 Å². The molecule has 5 nitrogen and oxygen atoms in total. The summed E-state index contributed by atoms with van der Waals surface area (Å²) >= 11 is 12.2. The average molecular weight is 413 g/mol. The van der Waals surface area contributed by atoms with Gasteiger partial charge in [0.1, 0.15) is 6.61 Å². The minimum Gasteiger partial charge on any atom is -0.490 e. The van der Waals surface area contributed by atoms with Crippen molar-refractivity contribution in [3.8, 4) is 11.5 Å². The van der Waals surface area contributed by atoms with Crippen molar-refractivity contribution in [2.75, 3.05) is 32.8 Å².